The van der Waals surface area contributed by atoms with Crippen LogP contribution in [0.1, 0.15) is 31.9 Å². The largest absolute Gasteiger partial charge is 0.573 e. The second-order valence-electron chi connectivity index (χ2n) is 6.16. The van der Waals surface area contributed by atoms with Gasteiger partial charge in [-0.15, -0.1) is 38.0 Å². The van der Waals surface area contributed by atoms with E-state index < -0.39 is 12.2 Å². The fourth-order valence-electron chi connectivity index (χ4n) is 2.89. The van der Waals surface area contributed by atoms with Crippen LogP contribution in [0.25, 0.3) is 0 Å². The molecular formula is C16H24Cl2F4N2O. The average molecular weight is 407 g/mol. The Morgan fingerprint density at radius 2 is 1.76 bits per heavy atom. The Labute approximate surface area is 157 Å². The molecule has 0 aliphatic carbocycles. The first-order chi connectivity index (χ1) is 10.8. The molecule has 9 heteroatoms. The topological polar surface area (TPSA) is 24.5 Å². The van der Waals surface area contributed by atoms with Gasteiger partial charge in [-0.3, -0.25) is 4.90 Å². The Morgan fingerprint density at radius 3 is 2.28 bits per heavy atom. The average Bonchev–Trinajstić information content (AvgIpc) is 2.46. The summed E-state index contributed by atoms with van der Waals surface area (Å²) in [4.78, 5) is 2.12. The molecular weight excluding hydrogens is 383 g/mol. The lowest BCUT2D eigenvalue weighted by molar-refractivity contribution is -0.274. The fourth-order valence-corrected chi connectivity index (χ4v) is 2.89. The molecule has 1 atom stereocenters. The summed E-state index contributed by atoms with van der Waals surface area (Å²) in [5.41, 5.74) is 0.266. The van der Waals surface area contributed by atoms with Gasteiger partial charge in [-0.1, -0.05) is 13.8 Å². The Kier molecular flexibility index (Phi) is 10.1. The molecule has 1 aliphatic heterocycles. The summed E-state index contributed by atoms with van der Waals surface area (Å²) >= 11 is 0. The zero-order valence-corrected chi connectivity index (χ0v) is 15.7. The molecule has 1 aromatic rings. The number of halogens is 6. The van der Waals surface area contributed by atoms with Crippen LogP contribution in [0, 0.1) is 11.7 Å². The number of hydrogen-bond acceptors (Lipinski definition) is 3. The van der Waals surface area contributed by atoms with Gasteiger partial charge >= 0.3 is 6.36 Å². The lowest BCUT2D eigenvalue weighted by Crippen LogP contribution is -2.45. The molecule has 146 valence electrons. The van der Waals surface area contributed by atoms with Crippen LogP contribution < -0.4 is 10.1 Å². The molecule has 0 aromatic heterocycles. The molecule has 0 radical (unpaired) electrons. The van der Waals surface area contributed by atoms with E-state index in [1.54, 1.807) is 0 Å². The molecule has 25 heavy (non-hydrogen) atoms. The van der Waals surface area contributed by atoms with E-state index in [1.807, 2.05) is 13.8 Å². The molecule has 3 nitrogen and oxygen atoms in total. The van der Waals surface area contributed by atoms with E-state index in [4.69, 9.17) is 0 Å². The molecule has 1 heterocycles. The molecule has 1 saturated heterocycles. The summed E-state index contributed by atoms with van der Waals surface area (Å²) in [7, 11) is 0. The predicted molar refractivity (Wildman–Crippen MR) is 94.2 cm³/mol. The smallest absolute Gasteiger partial charge is 0.406 e. The Hall–Kier alpha value is -0.760. The zero-order valence-electron chi connectivity index (χ0n) is 14.1. The number of piperazine rings is 1. The van der Waals surface area contributed by atoms with Crippen LogP contribution in [-0.2, 0) is 0 Å². The van der Waals surface area contributed by atoms with Crippen LogP contribution in [0.2, 0.25) is 0 Å². The van der Waals surface area contributed by atoms with Crippen molar-refractivity contribution in [3.05, 3.63) is 29.6 Å². The van der Waals surface area contributed by atoms with Crippen molar-refractivity contribution in [2.45, 2.75) is 32.7 Å². The fraction of sp³-hybridized carbons (Fsp3) is 0.625. The van der Waals surface area contributed by atoms with Crippen molar-refractivity contribution >= 4 is 24.8 Å². The van der Waals surface area contributed by atoms with E-state index >= 15 is 0 Å². The molecule has 0 saturated carbocycles. The lowest BCUT2D eigenvalue weighted by Gasteiger charge is -2.36. The van der Waals surface area contributed by atoms with Crippen LogP contribution in [0.15, 0.2) is 18.2 Å². The van der Waals surface area contributed by atoms with Crippen molar-refractivity contribution in [3.63, 3.8) is 0 Å². The number of nitrogens with zero attached hydrogens (tertiary/aromatic N) is 1. The SMILES string of the molecule is CC(C)C[C@H](c1cc(OC(F)(F)F)ccc1F)N1CCNCC1.Cl.Cl. The van der Waals surface area contributed by atoms with Gasteiger partial charge in [0, 0.05) is 37.8 Å². The highest BCUT2D eigenvalue weighted by atomic mass is 35.5. The van der Waals surface area contributed by atoms with Gasteiger partial charge in [0.15, 0.2) is 0 Å². The minimum atomic E-state index is -4.78. The summed E-state index contributed by atoms with van der Waals surface area (Å²) < 4.78 is 55.4. The summed E-state index contributed by atoms with van der Waals surface area (Å²) in [6, 6.07) is 2.98. The first-order valence-electron chi connectivity index (χ1n) is 7.76. The standard InChI is InChI=1S/C16H22F4N2O.2ClH/c1-11(2)9-15(22-7-5-21-6-8-22)13-10-12(3-4-14(13)17)23-16(18,19)20;;/h3-4,10-11,15,21H,5-9H2,1-2H3;2*1H/t15-;;/m1../s1. The van der Waals surface area contributed by atoms with Crippen molar-refractivity contribution < 1.29 is 22.3 Å². The number of benzene rings is 1. The molecule has 0 bridgehead atoms. The van der Waals surface area contributed by atoms with Gasteiger partial charge in [0.05, 0.1) is 0 Å². The Balaban J connectivity index is 0.00000288. The minimum absolute atomic E-state index is 0. The third-order valence-corrected chi connectivity index (χ3v) is 3.85. The predicted octanol–water partition coefficient (Wildman–Crippen LogP) is 4.56. The van der Waals surface area contributed by atoms with Crippen LogP contribution in [0.5, 0.6) is 5.75 Å². The maximum atomic E-state index is 14.3. The van der Waals surface area contributed by atoms with E-state index in [9.17, 15) is 17.6 Å². The quantitative estimate of drug-likeness (QED) is 0.725. The monoisotopic (exact) mass is 406 g/mol. The summed E-state index contributed by atoms with van der Waals surface area (Å²) in [5, 5.41) is 3.22. The Bertz CT molecular complexity index is 523. The molecule has 1 aliphatic rings. The van der Waals surface area contributed by atoms with Gasteiger partial charge in [0.2, 0.25) is 0 Å². The van der Waals surface area contributed by atoms with Crippen LogP contribution in [-0.4, -0.2) is 37.4 Å². The highest BCUT2D eigenvalue weighted by molar-refractivity contribution is 5.85. The van der Waals surface area contributed by atoms with E-state index in [0.29, 0.717) is 12.3 Å². The maximum Gasteiger partial charge on any atom is 0.573 e. The number of hydrogen-bond donors (Lipinski definition) is 1. The molecule has 0 spiro atoms. The third kappa shape index (κ3) is 7.56. The first-order valence-corrected chi connectivity index (χ1v) is 7.76. The van der Waals surface area contributed by atoms with Gasteiger partial charge in [-0.2, -0.15) is 0 Å². The van der Waals surface area contributed by atoms with Crippen molar-refractivity contribution in [2.24, 2.45) is 5.92 Å². The number of alkyl halides is 3. The minimum Gasteiger partial charge on any atom is -0.406 e. The second-order valence-corrected chi connectivity index (χ2v) is 6.16. The van der Waals surface area contributed by atoms with Crippen LogP contribution in [0.3, 0.4) is 0 Å². The van der Waals surface area contributed by atoms with Gasteiger partial charge in [0.1, 0.15) is 11.6 Å². The van der Waals surface area contributed by atoms with E-state index in [2.05, 4.69) is 15.0 Å². The lowest BCUT2D eigenvalue weighted by atomic mass is 9.94. The number of nitrogens with one attached hydrogen (secondary N) is 1. The molecule has 1 aromatic carbocycles. The summed E-state index contributed by atoms with van der Waals surface area (Å²) in [6.45, 7) is 7.08. The highest BCUT2D eigenvalue weighted by Gasteiger charge is 2.32. The van der Waals surface area contributed by atoms with Crippen LogP contribution >= 0.6 is 24.8 Å². The number of ether oxygens (including phenoxy) is 1. The van der Waals surface area contributed by atoms with Gasteiger partial charge in [-0.05, 0) is 30.5 Å². The zero-order chi connectivity index (χ0) is 17.0. The summed E-state index contributed by atoms with van der Waals surface area (Å²) in [6.07, 6.45) is -4.11. The second kappa shape index (κ2) is 10.4. The normalized spacial score (nSPS) is 16.8. The van der Waals surface area contributed by atoms with Crippen molar-refractivity contribution in [3.8, 4) is 5.75 Å². The third-order valence-electron chi connectivity index (χ3n) is 3.85. The highest BCUT2D eigenvalue weighted by Crippen LogP contribution is 2.33. The molecule has 0 unspecified atom stereocenters. The number of rotatable bonds is 5. The van der Waals surface area contributed by atoms with Crippen molar-refractivity contribution in [1.29, 1.82) is 0 Å². The van der Waals surface area contributed by atoms with E-state index in [1.165, 1.54) is 6.07 Å². The van der Waals surface area contributed by atoms with Crippen LogP contribution in [0.4, 0.5) is 17.6 Å². The Morgan fingerprint density at radius 1 is 1.16 bits per heavy atom. The van der Waals surface area contributed by atoms with Gasteiger partial charge in [-0.25, -0.2) is 4.39 Å². The molecule has 2 rings (SSSR count). The van der Waals surface area contributed by atoms with E-state index in [-0.39, 0.29) is 42.2 Å². The first kappa shape index (κ1) is 24.2. The summed E-state index contributed by atoms with van der Waals surface area (Å²) in [5.74, 6) is -0.581. The maximum absolute atomic E-state index is 14.3. The van der Waals surface area contributed by atoms with Gasteiger partial charge < -0.3 is 10.1 Å². The molecule has 0 amide bonds. The molecule has 1 fully saturated rings. The van der Waals surface area contributed by atoms with Crippen molar-refractivity contribution in [1.82, 2.24) is 10.2 Å². The van der Waals surface area contributed by atoms with Crippen molar-refractivity contribution in [2.75, 3.05) is 26.2 Å². The van der Waals surface area contributed by atoms with Gasteiger partial charge in [0.25, 0.3) is 0 Å². The molecule has 1 N–H and O–H groups in total. The van der Waals surface area contributed by atoms with E-state index in [0.717, 1.165) is 38.3 Å².